The molecule has 0 aromatic heterocycles. The Morgan fingerprint density at radius 1 is 0.939 bits per heavy atom. The fraction of sp³-hybridized carbons (Fsp3) is 0.708. The SMILES string of the molecule is CC(C)(C(=O)c1ccc(OCCC[Si](C)(O[Si](C)(C)C)O[Si](C)(C)C)cc1)N1CCOCC1. The predicted octanol–water partition coefficient (Wildman–Crippen LogP) is 5.52. The van der Waals surface area contributed by atoms with Crippen molar-refractivity contribution in [2.45, 2.75) is 77.7 Å². The van der Waals surface area contributed by atoms with Crippen molar-refractivity contribution in [2.75, 3.05) is 32.9 Å². The topological polar surface area (TPSA) is 57.2 Å². The first kappa shape index (κ1) is 28.4. The van der Waals surface area contributed by atoms with Crippen molar-refractivity contribution in [3.8, 4) is 5.75 Å². The van der Waals surface area contributed by atoms with Crippen LogP contribution in [0.25, 0.3) is 0 Å². The van der Waals surface area contributed by atoms with Gasteiger partial charge in [-0.1, -0.05) is 0 Å². The molecule has 33 heavy (non-hydrogen) atoms. The standard InChI is InChI=1S/C24H45NO5Si3/c1-24(2,25-15-18-27-19-16-25)23(26)21-11-13-22(14-12-21)28-17-10-20-33(9,29-31(3,4)5)30-32(6,7)8/h11-14H,10,15-20H2,1-9H3. The van der Waals surface area contributed by atoms with Crippen LogP contribution in [0, 0.1) is 0 Å². The molecule has 1 aromatic carbocycles. The van der Waals surface area contributed by atoms with Crippen LogP contribution < -0.4 is 4.74 Å². The normalized spacial score (nSPS) is 16.6. The molecule has 0 N–H and O–H groups in total. The molecule has 188 valence electrons. The van der Waals surface area contributed by atoms with E-state index >= 15 is 0 Å². The molecule has 1 saturated heterocycles. The Hall–Kier alpha value is -0.819. The summed E-state index contributed by atoms with van der Waals surface area (Å²) in [5, 5.41) is 0. The highest BCUT2D eigenvalue weighted by Crippen LogP contribution is 2.26. The van der Waals surface area contributed by atoms with Crippen LogP contribution in [-0.2, 0) is 13.0 Å². The van der Waals surface area contributed by atoms with E-state index in [1.807, 2.05) is 38.1 Å². The minimum atomic E-state index is -2.23. The van der Waals surface area contributed by atoms with Crippen LogP contribution in [0.4, 0.5) is 0 Å². The summed E-state index contributed by atoms with van der Waals surface area (Å²) in [5.41, 5.74) is 0.166. The van der Waals surface area contributed by atoms with E-state index in [0.717, 1.165) is 31.3 Å². The van der Waals surface area contributed by atoms with Crippen LogP contribution in [0.3, 0.4) is 0 Å². The van der Waals surface area contributed by atoms with E-state index in [1.54, 1.807) is 0 Å². The Balaban J connectivity index is 1.91. The third kappa shape index (κ3) is 9.39. The first-order chi connectivity index (χ1) is 15.1. The second-order valence-electron chi connectivity index (χ2n) is 11.5. The van der Waals surface area contributed by atoms with Crippen LogP contribution in [-0.4, -0.2) is 74.3 Å². The molecule has 0 unspecified atom stereocenters. The van der Waals surface area contributed by atoms with Gasteiger partial charge in [0.25, 0.3) is 0 Å². The second kappa shape index (κ2) is 11.3. The third-order valence-corrected chi connectivity index (χ3v) is 15.2. The Morgan fingerprint density at radius 2 is 1.45 bits per heavy atom. The van der Waals surface area contributed by atoms with Gasteiger partial charge in [0.1, 0.15) is 5.75 Å². The molecule has 0 radical (unpaired) electrons. The lowest BCUT2D eigenvalue weighted by atomic mass is 9.91. The van der Waals surface area contributed by atoms with Crippen molar-refractivity contribution in [3.05, 3.63) is 29.8 Å². The second-order valence-corrected chi connectivity index (χ2v) is 24.4. The van der Waals surface area contributed by atoms with Crippen LogP contribution in [0.15, 0.2) is 24.3 Å². The van der Waals surface area contributed by atoms with E-state index < -0.39 is 30.7 Å². The smallest absolute Gasteiger partial charge is 0.314 e. The minimum absolute atomic E-state index is 0.129. The molecule has 0 aliphatic carbocycles. The van der Waals surface area contributed by atoms with Gasteiger partial charge in [0.15, 0.2) is 22.4 Å². The van der Waals surface area contributed by atoms with E-state index in [9.17, 15) is 4.79 Å². The number of Topliss-reactive ketones (excluding diaryl/α,β-unsaturated/α-hetero) is 1. The molecule has 1 aromatic rings. The first-order valence-corrected chi connectivity index (χ1v) is 21.5. The van der Waals surface area contributed by atoms with Crippen LogP contribution in [0.1, 0.15) is 30.6 Å². The average Bonchev–Trinajstić information content (AvgIpc) is 2.69. The molecule has 1 fully saturated rings. The zero-order valence-electron chi connectivity index (χ0n) is 22.2. The summed E-state index contributed by atoms with van der Waals surface area (Å²) >= 11 is 0. The lowest BCUT2D eigenvalue weighted by Crippen LogP contribution is -2.54. The Labute approximate surface area is 204 Å². The van der Waals surface area contributed by atoms with Gasteiger partial charge in [-0.2, -0.15) is 0 Å². The first-order valence-electron chi connectivity index (χ1n) is 12.1. The summed E-state index contributed by atoms with van der Waals surface area (Å²) in [4.78, 5) is 15.3. The number of ether oxygens (including phenoxy) is 2. The number of nitrogens with zero attached hydrogens (tertiary/aromatic N) is 1. The van der Waals surface area contributed by atoms with Gasteiger partial charge in [0.05, 0.1) is 25.4 Å². The van der Waals surface area contributed by atoms with Gasteiger partial charge in [-0.25, -0.2) is 0 Å². The summed E-state index contributed by atoms with van der Waals surface area (Å²) in [6.07, 6.45) is 0.891. The Bertz CT molecular complexity index is 750. The fourth-order valence-electron chi connectivity index (χ4n) is 4.32. The number of carbonyl (C=O) groups is 1. The molecule has 1 aliphatic heterocycles. The van der Waals surface area contributed by atoms with Gasteiger partial charge in [-0.15, -0.1) is 0 Å². The highest BCUT2D eigenvalue weighted by molar-refractivity contribution is 6.87. The molecule has 0 saturated carbocycles. The molecular weight excluding hydrogens is 467 g/mol. The molecule has 1 aliphatic rings. The predicted molar refractivity (Wildman–Crippen MR) is 143 cm³/mol. The van der Waals surface area contributed by atoms with Gasteiger partial charge in [-0.3, -0.25) is 9.69 Å². The number of morpholine rings is 1. The summed E-state index contributed by atoms with van der Waals surface area (Å²) < 4.78 is 24.6. The van der Waals surface area contributed by atoms with E-state index in [1.165, 1.54) is 0 Å². The zero-order valence-corrected chi connectivity index (χ0v) is 25.2. The summed E-state index contributed by atoms with van der Waals surface area (Å²) in [6.45, 7) is 23.1. The molecule has 0 atom stereocenters. The van der Waals surface area contributed by atoms with Crippen LogP contribution in [0.5, 0.6) is 5.75 Å². The summed E-state index contributed by atoms with van der Waals surface area (Å²) in [7, 11) is -5.61. The number of benzene rings is 1. The van der Waals surface area contributed by atoms with Crippen molar-refractivity contribution in [1.29, 1.82) is 0 Å². The number of hydrogen-bond acceptors (Lipinski definition) is 6. The summed E-state index contributed by atoms with van der Waals surface area (Å²) in [6, 6.07) is 8.47. The van der Waals surface area contributed by atoms with Crippen molar-refractivity contribution in [1.82, 2.24) is 4.90 Å². The van der Waals surface area contributed by atoms with E-state index in [-0.39, 0.29) is 5.78 Å². The van der Waals surface area contributed by atoms with Gasteiger partial charge in [0, 0.05) is 18.7 Å². The molecule has 9 heteroatoms. The highest BCUT2D eigenvalue weighted by Gasteiger charge is 2.40. The maximum Gasteiger partial charge on any atom is 0.314 e. The number of ketones is 1. The van der Waals surface area contributed by atoms with Crippen molar-refractivity contribution >= 4 is 31.0 Å². The van der Waals surface area contributed by atoms with E-state index in [0.29, 0.717) is 25.4 Å². The van der Waals surface area contributed by atoms with Crippen molar-refractivity contribution in [3.63, 3.8) is 0 Å². The maximum atomic E-state index is 13.1. The van der Waals surface area contributed by atoms with Crippen molar-refractivity contribution in [2.24, 2.45) is 0 Å². The zero-order chi connectivity index (χ0) is 24.9. The van der Waals surface area contributed by atoms with Crippen LogP contribution >= 0.6 is 0 Å². The quantitative estimate of drug-likeness (QED) is 0.209. The van der Waals surface area contributed by atoms with Gasteiger partial charge in [0.2, 0.25) is 0 Å². The minimum Gasteiger partial charge on any atom is -0.494 e. The number of hydrogen-bond donors (Lipinski definition) is 0. The molecule has 0 spiro atoms. The Morgan fingerprint density at radius 3 is 1.94 bits per heavy atom. The van der Waals surface area contributed by atoms with Crippen molar-refractivity contribution < 1.29 is 22.5 Å². The number of carbonyl (C=O) groups excluding carboxylic acids is 1. The largest absolute Gasteiger partial charge is 0.494 e. The summed E-state index contributed by atoms with van der Waals surface area (Å²) in [5.74, 6) is 0.918. The number of rotatable bonds is 12. The van der Waals surface area contributed by atoms with Gasteiger partial charge >= 0.3 is 8.56 Å². The lowest BCUT2D eigenvalue weighted by molar-refractivity contribution is -0.00430. The molecule has 6 nitrogen and oxygen atoms in total. The molecular formula is C24H45NO5Si3. The molecule has 2 rings (SSSR count). The molecule has 0 amide bonds. The van der Waals surface area contributed by atoms with Crippen LogP contribution in [0.2, 0.25) is 51.9 Å². The molecule has 1 heterocycles. The molecule has 0 bridgehead atoms. The lowest BCUT2D eigenvalue weighted by Gasteiger charge is -2.39. The fourth-order valence-corrected chi connectivity index (χ4v) is 16.8. The monoisotopic (exact) mass is 511 g/mol. The average molecular weight is 512 g/mol. The maximum absolute atomic E-state index is 13.1. The van der Waals surface area contributed by atoms with Gasteiger partial charge < -0.3 is 17.7 Å². The van der Waals surface area contributed by atoms with E-state index in [2.05, 4.69) is 50.7 Å². The Kier molecular flexibility index (Phi) is 9.71. The highest BCUT2D eigenvalue weighted by atomic mass is 28.5. The third-order valence-electron chi connectivity index (χ3n) is 5.56. The van der Waals surface area contributed by atoms with Gasteiger partial charge in [-0.05, 0) is 96.4 Å². The van der Waals surface area contributed by atoms with E-state index in [4.69, 9.17) is 17.7 Å².